The molecule has 0 saturated heterocycles. The Balaban J connectivity index is 1.72. The maximum Gasteiger partial charge on any atom is 0.275 e. The highest BCUT2D eigenvalue weighted by Gasteiger charge is 2.22. The van der Waals surface area contributed by atoms with Crippen LogP contribution in [0.15, 0.2) is 45.9 Å². The summed E-state index contributed by atoms with van der Waals surface area (Å²) >= 11 is 1.26. The molecule has 0 aliphatic carbocycles. The molecule has 0 radical (unpaired) electrons. The van der Waals surface area contributed by atoms with Crippen molar-refractivity contribution in [2.75, 3.05) is 19.4 Å². The van der Waals surface area contributed by atoms with Crippen molar-refractivity contribution in [1.29, 1.82) is 0 Å². The van der Waals surface area contributed by atoms with Crippen molar-refractivity contribution < 1.29 is 22.4 Å². The lowest BCUT2D eigenvalue weighted by molar-refractivity contribution is 0.102. The summed E-state index contributed by atoms with van der Waals surface area (Å²) in [5, 5.41) is 11.3. The lowest BCUT2D eigenvalue weighted by atomic mass is 10.2. The molecule has 0 aliphatic heterocycles. The van der Waals surface area contributed by atoms with Crippen molar-refractivity contribution in [2.45, 2.75) is 18.6 Å². The molecule has 148 valence electrons. The number of carbonyl (C=O) groups is 1. The fourth-order valence-electron chi connectivity index (χ4n) is 2.19. The molecule has 28 heavy (non-hydrogen) atoms. The first kappa shape index (κ1) is 20.0. The molecule has 11 heteroatoms. The Hall–Kier alpha value is -2.76. The number of hydrogen-bond acceptors (Lipinski definition) is 8. The maximum atomic E-state index is 12.5. The molecular weight excluding hydrogens is 404 g/mol. The van der Waals surface area contributed by atoms with Gasteiger partial charge >= 0.3 is 0 Å². The third kappa shape index (κ3) is 4.38. The zero-order valence-corrected chi connectivity index (χ0v) is 17.0. The molecule has 3 aromatic rings. The first-order chi connectivity index (χ1) is 13.3. The third-order valence-electron chi connectivity index (χ3n) is 3.62. The van der Waals surface area contributed by atoms with Crippen LogP contribution in [0, 0.1) is 6.92 Å². The van der Waals surface area contributed by atoms with E-state index < -0.39 is 10.0 Å². The van der Waals surface area contributed by atoms with Gasteiger partial charge in [-0.25, -0.2) is 12.7 Å². The van der Waals surface area contributed by atoms with Crippen LogP contribution in [0.5, 0.6) is 5.75 Å². The fraction of sp³-hybridized carbons (Fsp3) is 0.235. The lowest BCUT2D eigenvalue weighted by Gasteiger charge is -2.10. The Labute approximate surface area is 166 Å². The number of benzene rings is 1. The van der Waals surface area contributed by atoms with E-state index in [1.165, 1.54) is 37.6 Å². The van der Waals surface area contributed by atoms with Gasteiger partial charge in [-0.15, -0.1) is 10.2 Å². The van der Waals surface area contributed by atoms with E-state index in [1.54, 1.807) is 31.2 Å². The lowest BCUT2D eigenvalue weighted by Crippen LogP contribution is -2.21. The van der Waals surface area contributed by atoms with Gasteiger partial charge in [-0.3, -0.25) is 10.1 Å². The van der Waals surface area contributed by atoms with E-state index >= 15 is 0 Å². The summed E-state index contributed by atoms with van der Waals surface area (Å²) in [5.41, 5.74) is 0.308. The summed E-state index contributed by atoms with van der Waals surface area (Å²) in [6, 6.07) is 9.57. The van der Waals surface area contributed by atoms with Crippen molar-refractivity contribution in [1.82, 2.24) is 14.5 Å². The molecule has 0 aliphatic rings. The molecule has 2 heterocycles. The Bertz CT molecular complexity index is 1090. The predicted octanol–water partition coefficient (Wildman–Crippen LogP) is 2.52. The van der Waals surface area contributed by atoms with Crippen molar-refractivity contribution in [3.8, 4) is 5.75 Å². The molecule has 0 unspecified atom stereocenters. The number of hydrogen-bond donors (Lipinski definition) is 1. The molecule has 1 aromatic carbocycles. The second-order valence-electron chi connectivity index (χ2n) is 5.87. The highest BCUT2D eigenvalue weighted by Crippen LogP contribution is 2.23. The van der Waals surface area contributed by atoms with E-state index in [2.05, 4.69) is 15.5 Å². The van der Waals surface area contributed by atoms with Gasteiger partial charge in [0.25, 0.3) is 15.9 Å². The van der Waals surface area contributed by atoms with E-state index in [0.717, 1.165) is 9.31 Å². The molecule has 0 bridgehead atoms. The second kappa shape index (κ2) is 8.09. The average molecular weight is 422 g/mol. The quantitative estimate of drug-likeness (QED) is 0.622. The Morgan fingerprint density at radius 3 is 2.64 bits per heavy atom. The minimum atomic E-state index is -3.66. The van der Waals surface area contributed by atoms with E-state index in [9.17, 15) is 13.2 Å². The van der Waals surface area contributed by atoms with E-state index in [4.69, 9.17) is 9.15 Å². The summed E-state index contributed by atoms with van der Waals surface area (Å²) in [4.78, 5) is 12.5. The normalized spacial score (nSPS) is 11.6. The summed E-state index contributed by atoms with van der Waals surface area (Å²) < 4.78 is 36.2. The minimum absolute atomic E-state index is 0.0366. The number of nitrogens with zero attached hydrogens (tertiary/aromatic N) is 3. The SMILES string of the molecule is Cc1nnc(NC(=O)c2ccccc2OCc2ccc(S(=O)(=O)N(C)C)o2)s1. The molecule has 0 atom stereocenters. The van der Waals surface area contributed by atoms with Crippen LogP contribution < -0.4 is 10.1 Å². The number of para-hydroxylation sites is 1. The Morgan fingerprint density at radius 2 is 1.96 bits per heavy atom. The second-order valence-corrected chi connectivity index (χ2v) is 9.14. The molecule has 1 amide bonds. The average Bonchev–Trinajstić information content (AvgIpc) is 3.29. The highest BCUT2D eigenvalue weighted by molar-refractivity contribution is 7.88. The number of aryl methyl sites for hydroxylation is 1. The van der Waals surface area contributed by atoms with Gasteiger partial charge in [0.2, 0.25) is 10.2 Å². The van der Waals surface area contributed by atoms with Crippen LogP contribution in [0.3, 0.4) is 0 Å². The number of carbonyl (C=O) groups excluding carboxylic acids is 1. The molecule has 2 aromatic heterocycles. The number of furan rings is 1. The van der Waals surface area contributed by atoms with E-state index in [-0.39, 0.29) is 17.6 Å². The molecule has 0 fully saturated rings. The molecular formula is C17H18N4O5S2. The van der Waals surface area contributed by atoms with Gasteiger partial charge in [0.15, 0.2) is 0 Å². The first-order valence-corrected chi connectivity index (χ1v) is 10.4. The summed E-state index contributed by atoms with van der Waals surface area (Å²) in [7, 11) is -0.820. The minimum Gasteiger partial charge on any atom is -0.485 e. The van der Waals surface area contributed by atoms with Crippen LogP contribution in [-0.2, 0) is 16.6 Å². The molecule has 0 spiro atoms. The van der Waals surface area contributed by atoms with Gasteiger partial charge in [0, 0.05) is 14.1 Å². The third-order valence-corrected chi connectivity index (χ3v) is 6.06. The standard InChI is InChI=1S/C17H18N4O5S2/c1-11-19-20-17(27-11)18-16(22)13-6-4-5-7-14(13)25-10-12-8-9-15(26-12)28(23,24)21(2)3/h4-9H,10H2,1-3H3,(H,18,20,22). The van der Waals surface area contributed by atoms with Gasteiger partial charge in [0.1, 0.15) is 23.1 Å². The molecule has 9 nitrogen and oxygen atoms in total. The van der Waals surface area contributed by atoms with Gasteiger partial charge in [0.05, 0.1) is 5.56 Å². The number of anilines is 1. The van der Waals surface area contributed by atoms with Gasteiger partial charge in [-0.1, -0.05) is 23.5 Å². The van der Waals surface area contributed by atoms with Crippen molar-refractivity contribution >= 4 is 32.4 Å². The summed E-state index contributed by atoms with van der Waals surface area (Å²) in [6.07, 6.45) is 0. The predicted molar refractivity (Wildman–Crippen MR) is 103 cm³/mol. The van der Waals surface area contributed by atoms with Crippen LogP contribution in [0.2, 0.25) is 0 Å². The number of amides is 1. The fourth-order valence-corrected chi connectivity index (χ4v) is 3.59. The summed E-state index contributed by atoms with van der Waals surface area (Å²) in [5.74, 6) is 0.257. The van der Waals surface area contributed by atoms with Crippen molar-refractivity contribution in [3.63, 3.8) is 0 Å². The number of rotatable bonds is 7. The molecule has 3 rings (SSSR count). The molecule has 1 N–H and O–H groups in total. The van der Waals surface area contributed by atoms with Crippen LogP contribution in [0.1, 0.15) is 21.1 Å². The zero-order chi connectivity index (χ0) is 20.3. The smallest absolute Gasteiger partial charge is 0.275 e. The number of sulfonamides is 1. The largest absolute Gasteiger partial charge is 0.485 e. The van der Waals surface area contributed by atoms with Crippen LogP contribution in [0.25, 0.3) is 0 Å². The van der Waals surface area contributed by atoms with Crippen LogP contribution in [0.4, 0.5) is 5.13 Å². The zero-order valence-electron chi connectivity index (χ0n) is 15.4. The van der Waals surface area contributed by atoms with Gasteiger partial charge < -0.3 is 9.15 Å². The summed E-state index contributed by atoms with van der Waals surface area (Å²) in [6.45, 7) is 1.75. The van der Waals surface area contributed by atoms with Crippen LogP contribution >= 0.6 is 11.3 Å². The van der Waals surface area contributed by atoms with E-state index in [0.29, 0.717) is 22.2 Å². The Kier molecular flexibility index (Phi) is 5.77. The number of aromatic nitrogens is 2. The van der Waals surface area contributed by atoms with Gasteiger partial charge in [-0.05, 0) is 31.2 Å². The van der Waals surface area contributed by atoms with Crippen molar-refractivity contribution in [3.05, 3.63) is 52.7 Å². The maximum absolute atomic E-state index is 12.5. The first-order valence-electron chi connectivity index (χ1n) is 8.12. The monoisotopic (exact) mass is 422 g/mol. The highest BCUT2D eigenvalue weighted by atomic mass is 32.2. The van der Waals surface area contributed by atoms with Crippen molar-refractivity contribution in [2.24, 2.45) is 0 Å². The van der Waals surface area contributed by atoms with Crippen LogP contribution in [-0.4, -0.2) is 42.9 Å². The topological polar surface area (TPSA) is 115 Å². The van der Waals surface area contributed by atoms with E-state index in [1.807, 2.05) is 0 Å². The Morgan fingerprint density at radius 1 is 1.21 bits per heavy atom. The molecule has 0 saturated carbocycles. The number of ether oxygens (including phenoxy) is 1. The number of nitrogens with one attached hydrogen (secondary N) is 1. The van der Waals surface area contributed by atoms with Gasteiger partial charge in [-0.2, -0.15) is 0 Å².